The Kier molecular flexibility index (Phi) is 4.92. The van der Waals surface area contributed by atoms with Gasteiger partial charge in [0.25, 0.3) is 5.91 Å². The Labute approximate surface area is 184 Å². The van der Waals surface area contributed by atoms with Crippen LogP contribution < -0.4 is 4.74 Å². The summed E-state index contributed by atoms with van der Waals surface area (Å²) in [6.45, 7) is 0.458. The van der Waals surface area contributed by atoms with Crippen LogP contribution >= 0.6 is 11.6 Å². The molecule has 1 unspecified atom stereocenters. The maximum absolute atomic E-state index is 13.4. The summed E-state index contributed by atoms with van der Waals surface area (Å²) in [5, 5.41) is 8.13. The van der Waals surface area contributed by atoms with Crippen molar-refractivity contribution in [1.82, 2.24) is 20.1 Å². The quantitative estimate of drug-likeness (QED) is 0.490. The van der Waals surface area contributed by atoms with E-state index in [1.807, 2.05) is 65.6 Å². The summed E-state index contributed by atoms with van der Waals surface area (Å²) in [5.74, 6) is 0.680. The molecule has 0 saturated heterocycles. The molecule has 1 N–H and O–H groups in total. The van der Waals surface area contributed by atoms with Gasteiger partial charge < -0.3 is 9.64 Å². The highest BCUT2D eigenvalue weighted by atomic mass is 35.5. The number of H-pyrrole nitrogens is 1. The molecule has 0 spiro atoms. The van der Waals surface area contributed by atoms with Gasteiger partial charge in [-0.25, -0.2) is 0 Å². The van der Waals surface area contributed by atoms with E-state index in [0.29, 0.717) is 17.3 Å². The maximum atomic E-state index is 13.4. The predicted molar refractivity (Wildman–Crippen MR) is 118 cm³/mol. The average molecular weight is 431 g/mol. The van der Waals surface area contributed by atoms with Crippen LogP contribution in [-0.4, -0.2) is 33.1 Å². The minimum Gasteiger partial charge on any atom is -0.497 e. The summed E-state index contributed by atoms with van der Waals surface area (Å²) in [6.07, 6.45) is 3.47. The number of carbonyl (C=O) groups is 1. The third-order valence-electron chi connectivity index (χ3n) is 5.52. The number of halogens is 1. The fourth-order valence-corrected chi connectivity index (χ4v) is 4.13. The third-order valence-corrected chi connectivity index (χ3v) is 5.77. The molecule has 31 heavy (non-hydrogen) atoms. The van der Waals surface area contributed by atoms with Gasteiger partial charge in [0.15, 0.2) is 0 Å². The molecule has 0 saturated carbocycles. The van der Waals surface area contributed by atoms with Crippen LogP contribution in [0.2, 0.25) is 5.02 Å². The van der Waals surface area contributed by atoms with Crippen LogP contribution in [0.25, 0.3) is 11.3 Å². The number of pyridine rings is 1. The van der Waals surface area contributed by atoms with Gasteiger partial charge >= 0.3 is 0 Å². The number of amides is 1. The third kappa shape index (κ3) is 3.45. The van der Waals surface area contributed by atoms with Crippen molar-refractivity contribution >= 4 is 17.5 Å². The number of nitrogens with zero attached hydrogens (tertiary/aromatic N) is 3. The first-order chi connectivity index (χ1) is 15.2. The van der Waals surface area contributed by atoms with Gasteiger partial charge in [-0.15, -0.1) is 0 Å². The lowest BCUT2D eigenvalue weighted by Gasteiger charge is -2.26. The number of benzene rings is 2. The molecule has 0 fully saturated rings. The molecule has 1 aliphatic rings. The van der Waals surface area contributed by atoms with E-state index < -0.39 is 0 Å². The molecule has 1 amide bonds. The minimum absolute atomic E-state index is 0.0842. The molecular weight excluding hydrogens is 412 g/mol. The second-order valence-corrected chi connectivity index (χ2v) is 7.77. The molecule has 4 aromatic rings. The van der Waals surface area contributed by atoms with Crippen molar-refractivity contribution in [1.29, 1.82) is 0 Å². The Morgan fingerprint density at radius 3 is 2.42 bits per heavy atom. The van der Waals surface area contributed by atoms with Crippen molar-refractivity contribution in [2.75, 3.05) is 7.11 Å². The lowest BCUT2D eigenvalue weighted by Crippen LogP contribution is -2.29. The molecule has 1 atom stereocenters. The number of fused-ring (bicyclic) bond motifs is 1. The molecule has 7 heteroatoms. The molecule has 0 aliphatic carbocycles. The van der Waals surface area contributed by atoms with Crippen molar-refractivity contribution < 1.29 is 9.53 Å². The fourth-order valence-electron chi connectivity index (χ4n) is 4.01. The number of carbonyl (C=O) groups excluding carboxylic acids is 1. The first-order valence-corrected chi connectivity index (χ1v) is 10.2. The summed E-state index contributed by atoms with van der Waals surface area (Å²) in [7, 11) is 1.63. The second-order valence-electron chi connectivity index (χ2n) is 7.33. The van der Waals surface area contributed by atoms with E-state index >= 15 is 0 Å². The summed E-state index contributed by atoms with van der Waals surface area (Å²) in [4.78, 5) is 19.3. The number of ether oxygens (including phenoxy) is 1. The Morgan fingerprint density at radius 2 is 1.74 bits per heavy atom. The predicted octanol–water partition coefficient (Wildman–Crippen LogP) is 4.88. The normalized spacial score (nSPS) is 15.2. The van der Waals surface area contributed by atoms with E-state index in [-0.39, 0.29) is 11.9 Å². The second kappa shape index (κ2) is 7.89. The maximum Gasteiger partial charge on any atom is 0.273 e. The lowest BCUT2D eigenvalue weighted by atomic mass is 9.96. The number of aromatic nitrogens is 3. The first-order valence-electron chi connectivity index (χ1n) is 9.83. The van der Waals surface area contributed by atoms with Gasteiger partial charge in [-0.2, -0.15) is 5.10 Å². The molecule has 3 heterocycles. The fraction of sp³-hybridized carbons (Fsp3) is 0.125. The zero-order chi connectivity index (χ0) is 21.4. The Bertz CT molecular complexity index is 1220. The number of rotatable bonds is 5. The molecule has 2 aromatic carbocycles. The smallest absolute Gasteiger partial charge is 0.273 e. The number of aromatic amines is 1. The van der Waals surface area contributed by atoms with Crippen molar-refractivity contribution in [3.63, 3.8) is 0 Å². The van der Waals surface area contributed by atoms with Gasteiger partial charge in [0, 0.05) is 35.1 Å². The molecule has 154 valence electrons. The van der Waals surface area contributed by atoms with Gasteiger partial charge in [-0.3, -0.25) is 14.9 Å². The van der Waals surface area contributed by atoms with E-state index in [1.54, 1.807) is 19.5 Å². The van der Waals surface area contributed by atoms with Crippen molar-refractivity contribution in [2.24, 2.45) is 0 Å². The molecule has 5 rings (SSSR count). The van der Waals surface area contributed by atoms with Gasteiger partial charge in [-0.05, 0) is 59.7 Å². The highest BCUT2D eigenvalue weighted by Gasteiger charge is 2.42. The Hall–Kier alpha value is -3.64. The van der Waals surface area contributed by atoms with Gasteiger partial charge in [-0.1, -0.05) is 23.7 Å². The Balaban J connectivity index is 1.63. The van der Waals surface area contributed by atoms with E-state index in [1.165, 1.54) is 0 Å². The van der Waals surface area contributed by atoms with Crippen LogP contribution in [0.1, 0.15) is 33.2 Å². The summed E-state index contributed by atoms with van der Waals surface area (Å²) in [6, 6.07) is 18.8. The molecule has 6 nitrogen and oxygen atoms in total. The molecule has 1 aliphatic heterocycles. The number of hydrogen-bond acceptors (Lipinski definition) is 4. The lowest BCUT2D eigenvalue weighted by molar-refractivity contribution is 0.0730. The number of nitrogens with one attached hydrogen (secondary N) is 1. The van der Waals surface area contributed by atoms with Gasteiger partial charge in [0.2, 0.25) is 0 Å². The largest absolute Gasteiger partial charge is 0.497 e. The van der Waals surface area contributed by atoms with Crippen LogP contribution in [0.3, 0.4) is 0 Å². The average Bonchev–Trinajstić information content (AvgIpc) is 3.35. The first kappa shape index (κ1) is 19.3. The van der Waals surface area contributed by atoms with E-state index in [0.717, 1.165) is 33.7 Å². The van der Waals surface area contributed by atoms with Crippen LogP contribution in [0.5, 0.6) is 5.75 Å². The minimum atomic E-state index is -0.288. The summed E-state index contributed by atoms with van der Waals surface area (Å²) in [5.41, 5.74) is 5.03. The highest BCUT2D eigenvalue weighted by Crippen LogP contribution is 2.43. The number of methoxy groups -OCH3 is 1. The Morgan fingerprint density at radius 1 is 1.03 bits per heavy atom. The van der Waals surface area contributed by atoms with E-state index in [9.17, 15) is 4.79 Å². The monoisotopic (exact) mass is 430 g/mol. The van der Waals surface area contributed by atoms with E-state index in [4.69, 9.17) is 16.3 Å². The molecule has 2 aromatic heterocycles. The van der Waals surface area contributed by atoms with Crippen LogP contribution in [0.15, 0.2) is 73.1 Å². The topological polar surface area (TPSA) is 71.1 Å². The van der Waals surface area contributed by atoms with Crippen molar-refractivity contribution in [3.8, 4) is 17.0 Å². The van der Waals surface area contributed by atoms with Crippen molar-refractivity contribution in [3.05, 3.63) is 100 Å². The summed E-state index contributed by atoms with van der Waals surface area (Å²) >= 11 is 6.13. The zero-order valence-electron chi connectivity index (χ0n) is 16.7. The van der Waals surface area contributed by atoms with Gasteiger partial charge in [0.1, 0.15) is 11.4 Å². The van der Waals surface area contributed by atoms with Crippen LogP contribution in [-0.2, 0) is 6.54 Å². The summed E-state index contributed by atoms with van der Waals surface area (Å²) < 4.78 is 5.27. The van der Waals surface area contributed by atoms with E-state index in [2.05, 4.69) is 15.2 Å². The number of hydrogen-bond donors (Lipinski definition) is 1. The van der Waals surface area contributed by atoms with Gasteiger partial charge in [0.05, 0.1) is 18.8 Å². The standard InChI is InChI=1S/C24H19ClN4O2/c1-31-19-8-4-16(5-9-19)21-20-22(28-27-21)24(30)29(14-15-10-12-26-13-11-15)23(20)17-2-6-18(25)7-3-17/h2-13,23H,14H2,1H3,(H,27,28). The van der Waals surface area contributed by atoms with Crippen LogP contribution in [0.4, 0.5) is 0 Å². The zero-order valence-corrected chi connectivity index (χ0v) is 17.5. The van der Waals surface area contributed by atoms with Crippen LogP contribution in [0, 0.1) is 0 Å². The SMILES string of the molecule is COc1ccc(-c2n[nH]c3c2C(c2ccc(Cl)cc2)N(Cc2ccncc2)C3=O)cc1. The molecule has 0 bridgehead atoms. The van der Waals surface area contributed by atoms with Crippen molar-refractivity contribution in [2.45, 2.75) is 12.6 Å². The molecule has 0 radical (unpaired) electrons. The highest BCUT2D eigenvalue weighted by molar-refractivity contribution is 6.30. The molecular formula is C24H19ClN4O2.